The fraction of sp³-hybridized carbons (Fsp3) is 0.556. The molecule has 0 aromatic heterocycles. The van der Waals surface area contributed by atoms with Gasteiger partial charge in [0.1, 0.15) is 6.67 Å². The second kappa shape index (κ2) is 6.53. The summed E-state index contributed by atoms with van der Waals surface area (Å²) in [4.78, 5) is 0. The molecule has 0 aromatic rings. The van der Waals surface area contributed by atoms with Gasteiger partial charge in [0.05, 0.1) is 0 Å². The molecule has 0 aromatic carbocycles. The molecule has 0 aliphatic heterocycles. The van der Waals surface area contributed by atoms with E-state index in [1.807, 2.05) is 32.1 Å². The Morgan fingerprint density at radius 2 is 2.20 bits per heavy atom. The third-order valence-corrected chi connectivity index (χ3v) is 1.40. The van der Waals surface area contributed by atoms with Gasteiger partial charge >= 0.3 is 0 Å². The summed E-state index contributed by atoms with van der Waals surface area (Å²) in [5.41, 5.74) is 0.901. The Bertz CT molecular complexity index is 117. The van der Waals surface area contributed by atoms with Crippen molar-refractivity contribution in [2.45, 2.75) is 26.7 Å². The minimum Gasteiger partial charge on any atom is -0.246 e. The van der Waals surface area contributed by atoms with Crippen molar-refractivity contribution in [3.63, 3.8) is 0 Å². The summed E-state index contributed by atoms with van der Waals surface area (Å²) >= 11 is 0. The van der Waals surface area contributed by atoms with Crippen LogP contribution in [0.2, 0.25) is 0 Å². The Morgan fingerprint density at radius 1 is 1.50 bits per heavy atom. The van der Waals surface area contributed by atoms with Gasteiger partial charge in [0.2, 0.25) is 0 Å². The van der Waals surface area contributed by atoms with Gasteiger partial charge < -0.3 is 0 Å². The third-order valence-electron chi connectivity index (χ3n) is 1.40. The van der Waals surface area contributed by atoms with Crippen LogP contribution in [0.1, 0.15) is 26.7 Å². The zero-order valence-corrected chi connectivity index (χ0v) is 6.73. The first-order valence-electron chi connectivity index (χ1n) is 3.70. The molecule has 10 heavy (non-hydrogen) atoms. The summed E-state index contributed by atoms with van der Waals surface area (Å²) in [6.45, 7) is 3.64. The van der Waals surface area contributed by atoms with E-state index in [0.717, 1.165) is 18.4 Å². The molecule has 0 nitrogen and oxygen atoms in total. The van der Waals surface area contributed by atoms with E-state index < -0.39 is 0 Å². The van der Waals surface area contributed by atoms with E-state index in [1.165, 1.54) is 0 Å². The monoisotopic (exact) mass is 142 g/mol. The van der Waals surface area contributed by atoms with Gasteiger partial charge in [-0.2, -0.15) is 0 Å². The summed E-state index contributed by atoms with van der Waals surface area (Å²) in [7, 11) is 0. The largest absolute Gasteiger partial charge is 0.246 e. The summed E-state index contributed by atoms with van der Waals surface area (Å²) < 4.78 is 12.0. The normalized spacial score (nSPS) is 12.9. The van der Waals surface area contributed by atoms with E-state index in [1.54, 1.807) is 0 Å². The first-order valence-corrected chi connectivity index (χ1v) is 3.70. The van der Waals surface area contributed by atoms with Gasteiger partial charge in [0.15, 0.2) is 0 Å². The van der Waals surface area contributed by atoms with Crippen molar-refractivity contribution in [2.75, 3.05) is 6.67 Å². The standard InChI is InChI=1S/C9H15F/c1-3-5-6-7-9(4-2)8-10/h3,5,7H,4,6,8H2,1-2H3/b5-3-,9-7+. The van der Waals surface area contributed by atoms with Crippen molar-refractivity contribution in [1.82, 2.24) is 0 Å². The molecule has 0 amide bonds. The van der Waals surface area contributed by atoms with Crippen LogP contribution >= 0.6 is 0 Å². The molecule has 0 aliphatic carbocycles. The highest BCUT2D eigenvalue weighted by Crippen LogP contribution is 2.02. The Balaban J connectivity index is 3.63. The van der Waals surface area contributed by atoms with Crippen LogP contribution in [-0.4, -0.2) is 6.67 Å². The Kier molecular flexibility index (Phi) is 6.14. The molecule has 0 spiro atoms. The molecule has 58 valence electrons. The van der Waals surface area contributed by atoms with E-state index in [4.69, 9.17) is 0 Å². The van der Waals surface area contributed by atoms with Crippen LogP contribution in [0.15, 0.2) is 23.8 Å². The summed E-state index contributed by atoms with van der Waals surface area (Å²) in [5.74, 6) is 0. The lowest BCUT2D eigenvalue weighted by atomic mass is 10.2. The van der Waals surface area contributed by atoms with E-state index >= 15 is 0 Å². The maximum absolute atomic E-state index is 12.0. The van der Waals surface area contributed by atoms with Crippen molar-refractivity contribution in [1.29, 1.82) is 0 Å². The van der Waals surface area contributed by atoms with Gasteiger partial charge in [-0.05, 0) is 25.3 Å². The second-order valence-electron chi connectivity index (χ2n) is 2.15. The average Bonchev–Trinajstić information content (AvgIpc) is 1.99. The number of hydrogen-bond acceptors (Lipinski definition) is 0. The van der Waals surface area contributed by atoms with Gasteiger partial charge in [0.25, 0.3) is 0 Å². The van der Waals surface area contributed by atoms with Gasteiger partial charge in [-0.3, -0.25) is 0 Å². The third kappa shape index (κ3) is 4.30. The van der Waals surface area contributed by atoms with Crippen LogP contribution in [0, 0.1) is 0 Å². The Morgan fingerprint density at radius 3 is 2.60 bits per heavy atom. The predicted molar refractivity (Wildman–Crippen MR) is 43.8 cm³/mol. The fourth-order valence-electron chi connectivity index (χ4n) is 0.664. The van der Waals surface area contributed by atoms with Crippen molar-refractivity contribution < 1.29 is 4.39 Å². The molecule has 0 aliphatic rings. The minimum absolute atomic E-state index is 0.298. The van der Waals surface area contributed by atoms with Crippen LogP contribution in [0.5, 0.6) is 0 Å². The molecule has 0 N–H and O–H groups in total. The van der Waals surface area contributed by atoms with Crippen LogP contribution in [0.25, 0.3) is 0 Å². The second-order valence-corrected chi connectivity index (χ2v) is 2.15. The highest BCUT2D eigenvalue weighted by molar-refractivity contribution is 5.04. The lowest BCUT2D eigenvalue weighted by molar-refractivity contribution is 0.534. The molecule has 0 radical (unpaired) electrons. The predicted octanol–water partition coefficient (Wildman–Crippen LogP) is 3.26. The van der Waals surface area contributed by atoms with Gasteiger partial charge in [-0.15, -0.1) is 0 Å². The van der Waals surface area contributed by atoms with Crippen LogP contribution in [-0.2, 0) is 0 Å². The molecular formula is C9H15F. The molecular weight excluding hydrogens is 127 g/mol. The van der Waals surface area contributed by atoms with Crippen LogP contribution in [0.4, 0.5) is 4.39 Å². The van der Waals surface area contributed by atoms with E-state index in [2.05, 4.69) is 0 Å². The molecule has 0 saturated carbocycles. The number of hydrogen-bond donors (Lipinski definition) is 0. The van der Waals surface area contributed by atoms with Crippen molar-refractivity contribution in [3.05, 3.63) is 23.8 Å². The van der Waals surface area contributed by atoms with Gasteiger partial charge in [-0.1, -0.05) is 25.2 Å². The highest BCUT2D eigenvalue weighted by atomic mass is 19.1. The molecule has 0 atom stereocenters. The van der Waals surface area contributed by atoms with Crippen LogP contribution in [0.3, 0.4) is 0 Å². The maximum atomic E-state index is 12.0. The number of halogens is 1. The van der Waals surface area contributed by atoms with E-state index in [9.17, 15) is 4.39 Å². The van der Waals surface area contributed by atoms with E-state index in [-0.39, 0.29) is 6.67 Å². The lowest BCUT2D eigenvalue weighted by Crippen LogP contribution is -1.81. The van der Waals surface area contributed by atoms with Gasteiger partial charge in [-0.25, -0.2) is 4.39 Å². The van der Waals surface area contributed by atoms with Crippen molar-refractivity contribution in [2.24, 2.45) is 0 Å². The molecule has 0 heterocycles. The number of rotatable bonds is 4. The molecule has 1 heteroatoms. The SMILES string of the molecule is C/C=C\C/C=C(\CC)CF. The molecule has 0 unspecified atom stereocenters. The quantitative estimate of drug-likeness (QED) is 0.528. The van der Waals surface area contributed by atoms with Gasteiger partial charge in [0, 0.05) is 0 Å². The molecule has 0 saturated heterocycles. The fourth-order valence-corrected chi connectivity index (χ4v) is 0.664. The first-order chi connectivity index (χ1) is 4.85. The summed E-state index contributed by atoms with van der Waals surface area (Å²) in [6, 6.07) is 0. The zero-order chi connectivity index (χ0) is 7.82. The van der Waals surface area contributed by atoms with Crippen molar-refractivity contribution in [3.8, 4) is 0 Å². The topological polar surface area (TPSA) is 0 Å². The minimum atomic E-state index is -0.298. The Labute approximate surface area is 62.4 Å². The smallest absolute Gasteiger partial charge is 0.111 e. The Hall–Kier alpha value is -0.590. The maximum Gasteiger partial charge on any atom is 0.111 e. The van der Waals surface area contributed by atoms with E-state index in [0.29, 0.717) is 0 Å². The number of alkyl halides is 1. The summed E-state index contributed by atoms with van der Waals surface area (Å²) in [6.07, 6.45) is 7.63. The average molecular weight is 142 g/mol. The lowest BCUT2D eigenvalue weighted by Gasteiger charge is -1.94. The van der Waals surface area contributed by atoms with Crippen LogP contribution < -0.4 is 0 Å². The molecule has 0 rings (SSSR count). The number of allylic oxidation sites excluding steroid dienone is 4. The molecule has 0 bridgehead atoms. The molecule has 0 fully saturated rings. The zero-order valence-electron chi connectivity index (χ0n) is 6.73. The first kappa shape index (κ1) is 9.41. The highest BCUT2D eigenvalue weighted by Gasteiger charge is 1.88. The van der Waals surface area contributed by atoms with Crippen molar-refractivity contribution >= 4 is 0 Å². The summed E-state index contributed by atoms with van der Waals surface area (Å²) in [5, 5.41) is 0.